The molecule has 172 valence electrons. The lowest BCUT2D eigenvalue weighted by molar-refractivity contribution is 0.0934. The summed E-state index contributed by atoms with van der Waals surface area (Å²) in [6.07, 6.45) is 2.61. The standard InChI is InChI=1S/C24H22FN7O2/c1-14-9-16(3-8-19(14)25)11-26-23(33)20-10-21(28-12-27-20)24(34)31-15(2)17-4-6-18(7-5-17)22-29-13-30-32-22/h3-10,12-13,15H,11H2,1-2H3,(H,26,33)(H,31,34)(H,29,30,32)/t15-/m0/s1. The van der Waals surface area contributed by atoms with Gasteiger partial charge in [0.15, 0.2) is 5.82 Å². The minimum Gasteiger partial charge on any atom is -0.347 e. The first-order valence-electron chi connectivity index (χ1n) is 10.5. The first-order valence-corrected chi connectivity index (χ1v) is 10.5. The molecule has 0 spiro atoms. The Balaban J connectivity index is 1.38. The highest BCUT2D eigenvalue weighted by atomic mass is 19.1. The van der Waals surface area contributed by atoms with Crippen LogP contribution in [0.2, 0.25) is 0 Å². The summed E-state index contributed by atoms with van der Waals surface area (Å²) in [4.78, 5) is 37.3. The smallest absolute Gasteiger partial charge is 0.270 e. The van der Waals surface area contributed by atoms with E-state index in [0.717, 1.165) is 16.7 Å². The van der Waals surface area contributed by atoms with Crippen LogP contribution in [0.3, 0.4) is 0 Å². The van der Waals surface area contributed by atoms with Gasteiger partial charge in [-0.1, -0.05) is 36.4 Å². The van der Waals surface area contributed by atoms with E-state index in [-0.39, 0.29) is 29.8 Å². The van der Waals surface area contributed by atoms with Crippen molar-refractivity contribution in [2.45, 2.75) is 26.4 Å². The Bertz CT molecular complexity index is 1310. The quantitative estimate of drug-likeness (QED) is 0.390. The number of aromatic nitrogens is 5. The number of nitrogens with zero attached hydrogens (tertiary/aromatic N) is 4. The number of halogens is 1. The summed E-state index contributed by atoms with van der Waals surface area (Å²) in [5, 5.41) is 12.2. The van der Waals surface area contributed by atoms with E-state index < -0.39 is 11.8 Å². The summed E-state index contributed by atoms with van der Waals surface area (Å²) >= 11 is 0. The minimum atomic E-state index is -0.463. The van der Waals surface area contributed by atoms with Gasteiger partial charge in [-0.15, -0.1) is 0 Å². The van der Waals surface area contributed by atoms with Crippen molar-refractivity contribution in [3.8, 4) is 11.4 Å². The van der Waals surface area contributed by atoms with Crippen LogP contribution < -0.4 is 10.6 Å². The molecule has 0 unspecified atom stereocenters. The fourth-order valence-electron chi connectivity index (χ4n) is 3.32. The van der Waals surface area contributed by atoms with E-state index in [1.165, 1.54) is 24.8 Å². The number of carbonyl (C=O) groups excluding carboxylic acids is 2. The molecule has 10 heteroatoms. The third kappa shape index (κ3) is 5.29. The number of hydrogen-bond acceptors (Lipinski definition) is 6. The molecular formula is C24H22FN7O2. The maximum Gasteiger partial charge on any atom is 0.270 e. The van der Waals surface area contributed by atoms with E-state index in [9.17, 15) is 14.0 Å². The van der Waals surface area contributed by atoms with Gasteiger partial charge in [-0.3, -0.25) is 14.7 Å². The van der Waals surface area contributed by atoms with E-state index in [1.54, 1.807) is 19.1 Å². The van der Waals surface area contributed by atoms with Crippen LogP contribution in [0, 0.1) is 12.7 Å². The van der Waals surface area contributed by atoms with Crippen molar-refractivity contribution in [1.29, 1.82) is 0 Å². The highest BCUT2D eigenvalue weighted by Gasteiger charge is 2.16. The maximum absolute atomic E-state index is 13.4. The Morgan fingerprint density at radius 3 is 2.38 bits per heavy atom. The van der Waals surface area contributed by atoms with Crippen LogP contribution in [0.15, 0.2) is 61.2 Å². The lowest BCUT2D eigenvalue weighted by Crippen LogP contribution is -2.29. The summed E-state index contributed by atoms with van der Waals surface area (Å²) < 4.78 is 13.4. The van der Waals surface area contributed by atoms with E-state index in [2.05, 4.69) is 35.8 Å². The molecule has 2 aromatic heterocycles. The largest absolute Gasteiger partial charge is 0.347 e. The number of aromatic amines is 1. The van der Waals surface area contributed by atoms with Crippen molar-refractivity contribution in [1.82, 2.24) is 35.8 Å². The molecule has 9 nitrogen and oxygen atoms in total. The predicted molar refractivity (Wildman–Crippen MR) is 122 cm³/mol. The monoisotopic (exact) mass is 459 g/mol. The van der Waals surface area contributed by atoms with Crippen LogP contribution in [0.1, 0.15) is 50.6 Å². The highest BCUT2D eigenvalue weighted by molar-refractivity contribution is 5.97. The molecule has 4 aromatic rings. The second-order valence-corrected chi connectivity index (χ2v) is 7.71. The molecular weight excluding hydrogens is 437 g/mol. The average molecular weight is 459 g/mol. The Hall–Kier alpha value is -4.47. The predicted octanol–water partition coefficient (Wildman–Crippen LogP) is 3.13. The number of carbonyl (C=O) groups is 2. The van der Waals surface area contributed by atoms with Crippen LogP contribution in [0.25, 0.3) is 11.4 Å². The molecule has 2 heterocycles. The van der Waals surface area contributed by atoms with E-state index >= 15 is 0 Å². The van der Waals surface area contributed by atoms with Crippen molar-refractivity contribution in [2.75, 3.05) is 0 Å². The zero-order valence-corrected chi connectivity index (χ0v) is 18.5. The second kappa shape index (κ2) is 9.99. The first-order chi connectivity index (χ1) is 16.4. The normalized spacial score (nSPS) is 11.6. The SMILES string of the molecule is Cc1cc(CNC(=O)c2cc(C(=O)N[C@@H](C)c3ccc(-c4ncn[nH]4)cc3)ncn2)ccc1F. The second-order valence-electron chi connectivity index (χ2n) is 7.71. The third-order valence-corrected chi connectivity index (χ3v) is 5.25. The Morgan fingerprint density at radius 2 is 1.71 bits per heavy atom. The molecule has 0 aliphatic heterocycles. The van der Waals surface area contributed by atoms with Crippen LogP contribution in [-0.4, -0.2) is 37.0 Å². The number of H-pyrrole nitrogens is 1. The third-order valence-electron chi connectivity index (χ3n) is 5.25. The molecule has 2 aromatic carbocycles. The van der Waals surface area contributed by atoms with Crippen LogP contribution >= 0.6 is 0 Å². The molecule has 1 atom stereocenters. The van der Waals surface area contributed by atoms with Gasteiger partial charge in [0.25, 0.3) is 11.8 Å². The van der Waals surface area contributed by atoms with Crippen molar-refractivity contribution in [3.63, 3.8) is 0 Å². The van der Waals surface area contributed by atoms with E-state index in [0.29, 0.717) is 11.4 Å². The lowest BCUT2D eigenvalue weighted by atomic mass is 10.1. The van der Waals surface area contributed by atoms with E-state index in [4.69, 9.17) is 0 Å². The Morgan fingerprint density at radius 1 is 0.971 bits per heavy atom. The van der Waals surface area contributed by atoms with Crippen molar-refractivity contribution >= 4 is 11.8 Å². The summed E-state index contributed by atoms with van der Waals surface area (Å²) in [5.41, 5.74) is 3.14. The summed E-state index contributed by atoms with van der Waals surface area (Å²) in [5.74, 6) is -0.543. The van der Waals surface area contributed by atoms with Gasteiger partial charge in [0.1, 0.15) is 29.9 Å². The first kappa shape index (κ1) is 22.7. The van der Waals surface area contributed by atoms with Crippen LogP contribution in [-0.2, 0) is 6.54 Å². The van der Waals surface area contributed by atoms with Gasteiger partial charge in [-0.25, -0.2) is 19.3 Å². The fraction of sp³-hybridized carbons (Fsp3) is 0.167. The number of rotatable bonds is 7. The number of hydrogen-bond donors (Lipinski definition) is 3. The lowest BCUT2D eigenvalue weighted by Gasteiger charge is -2.14. The Labute approximate surface area is 194 Å². The number of amides is 2. The van der Waals surface area contributed by atoms with Crippen LogP contribution in [0.5, 0.6) is 0 Å². The van der Waals surface area contributed by atoms with Gasteiger partial charge in [-0.05, 0) is 36.6 Å². The van der Waals surface area contributed by atoms with Gasteiger partial charge in [0.05, 0.1) is 6.04 Å². The minimum absolute atomic E-state index is 0.0584. The molecule has 0 aliphatic carbocycles. The van der Waals surface area contributed by atoms with Crippen molar-refractivity contribution in [3.05, 3.63) is 95.1 Å². The van der Waals surface area contributed by atoms with E-state index in [1.807, 2.05) is 31.2 Å². The van der Waals surface area contributed by atoms with Gasteiger partial charge < -0.3 is 10.6 Å². The van der Waals surface area contributed by atoms with Gasteiger partial charge >= 0.3 is 0 Å². The van der Waals surface area contributed by atoms with Gasteiger partial charge in [0.2, 0.25) is 0 Å². The zero-order chi connectivity index (χ0) is 24.1. The van der Waals surface area contributed by atoms with Gasteiger partial charge in [-0.2, -0.15) is 5.10 Å². The summed E-state index contributed by atoms with van der Waals surface area (Å²) in [6, 6.07) is 13.2. The molecule has 0 saturated heterocycles. The van der Waals surface area contributed by atoms with Crippen molar-refractivity contribution in [2.24, 2.45) is 0 Å². The molecule has 34 heavy (non-hydrogen) atoms. The van der Waals surface area contributed by atoms with Gasteiger partial charge in [0, 0.05) is 18.2 Å². The Kier molecular flexibility index (Phi) is 6.67. The summed E-state index contributed by atoms with van der Waals surface area (Å²) in [6.45, 7) is 3.70. The molecule has 4 rings (SSSR count). The molecule has 3 N–H and O–H groups in total. The fourth-order valence-corrected chi connectivity index (χ4v) is 3.32. The number of nitrogens with one attached hydrogen (secondary N) is 3. The molecule has 0 fully saturated rings. The number of aryl methyl sites for hydroxylation is 1. The van der Waals surface area contributed by atoms with Crippen LogP contribution in [0.4, 0.5) is 4.39 Å². The highest BCUT2D eigenvalue weighted by Crippen LogP contribution is 2.19. The molecule has 0 saturated carbocycles. The summed E-state index contributed by atoms with van der Waals surface area (Å²) in [7, 11) is 0. The maximum atomic E-state index is 13.4. The average Bonchev–Trinajstić information content (AvgIpc) is 3.40. The van der Waals surface area contributed by atoms with Crippen molar-refractivity contribution < 1.29 is 14.0 Å². The topological polar surface area (TPSA) is 126 Å². The molecule has 2 amide bonds. The molecule has 0 bridgehead atoms. The zero-order valence-electron chi connectivity index (χ0n) is 18.5. The number of benzene rings is 2. The molecule has 0 aliphatic rings. The molecule has 0 radical (unpaired) electrons.